The van der Waals surface area contributed by atoms with Crippen LogP contribution in [-0.4, -0.2) is 22.2 Å². The van der Waals surface area contributed by atoms with Crippen LogP contribution in [0.4, 0.5) is 0 Å². The summed E-state index contributed by atoms with van der Waals surface area (Å²) in [5, 5.41) is 14.8. The summed E-state index contributed by atoms with van der Waals surface area (Å²) < 4.78 is 0. The molecule has 4 nitrogen and oxygen atoms in total. The Bertz CT molecular complexity index is 84.6. The maximum Gasteiger partial charge on any atom is 1.00 e. The van der Waals surface area contributed by atoms with Crippen molar-refractivity contribution in [1.82, 2.24) is 0 Å². The number of hydrogen-bond donors (Lipinski definition) is 2. The van der Waals surface area contributed by atoms with Gasteiger partial charge in [0.1, 0.15) is 0 Å². The predicted molar refractivity (Wildman–Crippen MR) is 16.4 cm³/mol. The van der Waals surface area contributed by atoms with E-state index in [1.54, 1.807) is 0 Å². The van der Waals surface area contributed by atoms with Gasteiger partial charge in [-0.05, 0) is 0 Å². The summed E-state index contributed by atoms with van der Waals surface area (Å²) in [6.45, 7) is 0. The molecule has 0 saturated heterocycles. The van der Waals surface area contributed by atoms with E-state index in [-0.39, 0.29) is 57.2 Å². The molecule has 0 atom stereocenters. The standard InChI is InChI=1S/C2H2O4.Na.Zr.H/c3-1(4)2(5)6;;;/h(H,3,4)(H,5,6);;;/q;+1;;-1. The number of aliphatic carboxylic acids is 2. The van der Waals surface area contributed by atoms with E-state index in [1.807, 2.05) is 0 Å². The zero-order valence-corrected chi connectivity index (χ0v) is 8.67. The van der Waals surface area contributed by atoms with E-state index >= 15 is 0 Å². The maximum atomic E-state index is 9.10. The van der Waals surface area contributed by atoms with Gasteiger partial charge >= 0.3 is 41.5 Å². The van der Waals surface area contributed by atoms with Gasteiger partial charge in [0.15, 0.2) is 0 Å². The molecule has 0 unspecified atom stereocenters. The van der Waals surface area contributed by atoms with Crippen molar-refractivity contribution in [3.8, 4) is 0 Å². The van der Waals surface area contributed by atoms with Crippen LogP contribution in [0.5, 0.6) is 0 Å². The Morgan fingerprint density at radius 1 is 1.12 bits per heavy atom. The molecule has 6 heteroatoms. The minimum atomic E-state index is -1.82. The van der Waals surface area contributed by atoms with Crippen molar-refractivity contribution < 1.29 is 77.0 Å². The third-order valence-electron chi connectivity index (χ3n) is 0.183. The summed E-state index contributed by atoms with van der Waals surface area (Å²) >= 11 is 0. The molecule has 0 bridgehead atoms. The van der Waals surface area contributed by atoms with Gasteiger partial charge in [0, 0.05) is 26.2 Å². The second-order valence-electron chi connectivity index (χ2n) is 0.610. The predicted octanol–water partition coefficient (Wildman–Crippen LogP) is -3.73. The zero-order chi connectivity index (χ0) is 5.15. The monoisotopic (exact) mass is 204 g/mol. The van der Waals surface area contributed by atoms with Gasteiger partial charge in [0.25, 0.3) is 0 Å². The van der Waals surface area contributed by atoms with Crippen LogP contribution in [0.15, 0.2) is 0 Å². The molecule has 0 rings (SSSR count). The molecule has 8 heavy (non-hydrogen) atoms. The van der Waals surface area contributed by atoms with Gasteiger partial charge in [-0.3, -0.25) is 0 Å². The van der Waals surface area contributed by atoms with E-state index in [2.05, 4.69) is 0 Å². The quantitative estimate of drug-likeness (QED) is 0.315. The molecule has 40 valence electrons. The minimum absolute atomic E-state index is 0. The Morgan fingerprint density at radius 3 is 1.25 bits per heavy atom. The zero-order valence-electron chi connectivity index (χ0n) is 5.21. The van der Waals surface area contributed by atoms with Crippen LogP contribution < -0.4 is 29.6 Å². The van der Waals surface area contributed by atoms with Crippen LogP contribution in [0.1, 0.15) is 1.43 Å². The third kappa shape index (κ3) is 9.95. The molecule has 0 aliphatic heterocycles. The fourth-order valence-electron chi connectivity index (χ4n) is 0. The molecular weight excluding hydrogens is 202 g/mol. The number of carboxylic acid groups (broad SMARTS) is 2. The van der Waals surface area contributed by atoms with Crippen LogP contribution in [0.3, 0.4) is 0 Å². The number of carbonyl (C=O) groups is 2. The van der Waals surface area contributed by atoms with Gasteiger partial charge in [-0.15, -0.1) is 0 Å². The third-order valence-corrected chi connectivity index (χ3v) is 0.183. The Kier molecular flexibility index (Phi) is 15.6. The first-order chi connectivity index (χ1) is 2.64. The maximum absolute atomic E-state index is 9.10. The molecule has 0 spiro atoms. The second kappa shape index (κ2) is 7.82. The Hall–Kier alpha value is 0.823. The van der Waals surface area contributed by atoms with Crippen molar-refractivity contribution in [2.75, 3.05) is 0 Å². The van der Waals surface area contributed by atoms with Crippen molar-refractivity contribution in [3.05, 3.63) is 0 Å². The second-order valence-corrected chi connectivity index (χ2v) is 0.610. The normalized spacial score (nSPS) is 5.50. The van der Waals surface area contributed by atoms with Gasteiger partial charge in [0.05, 0.1) is 0 Å². The molecule has 0 aromatic carbocycles. The Balaban J connectivity index is -0.0000000417. The summed E-state index contributed by atoms with van der Waals surface area (Å²) in [6, 6.07) is 0. The molecule has 0 radical (unpaired) electrons. The minimum Gasteiger partial charge on any atom is -1.00 e. The van der Waals surface area contributed by atoms with Crippen molar-refractivity contribution in [2.45, 2.75) is 0 Å². The van der Waals surface area contributed by atoms with Gasteiger partial charge < -0.3 is 11.6 Å². The number of carboxylic acids is 2. The number of rotatable bonds is 0. The summed E-state index contributed by atoms with van der Waals surface area (Å²) in [6.07, 6.45) is 0. The summed E-state index contributed by atoms with van der Waals surface area (Å²) in [5.41, 5.74) is 0. The van der Waals surface area contributed by atoms with Gasteiger partial charge in [-0.1, -0.05) is 0 Å². The van der Waals surface area contributed by atoms with E-state index in [9.17, 15) is 0 Å². The van der Waals surface area contributed by atoms with Crippen LogP contribution >= 0.6 is 0 Å². The van der Waals surface area contributed by atoms with Crippen molar-refractivity contribution >= 4 is 11.9 Å². The first-order valence-corrected chi connectivity index (χ1v) is 1.11. The molecule has 0 aromatic heterocycles. The summed E-state index contributed by atoms with van der Waals surface area (Å²) in [7, 11) is 0. The first kappa shape index (κ1) is 15.9. The van der Waals surface area contributed by atoms with Gasteiger partial charge in [0.2, 0.25) is 0 Å². The molecule has 0 amide bonds. The van der Waals surface area contributed by atoms with E-state index < -0.39 is 11.9 Å². The van der Waals surface area contributed by atoms with Crippen molar-refractivity contribution in [2.24, 2.45) is 0 Å². The van der Waals surface area contributed by atoms with Crippen LogP contribution in [-0.2, 0) is 35.8 Å². The first-order valence-electron chi connectivity index (χ1n) is 1.11. The van der Waals surface area contributed by atoms with Gasteiger partial charge in [-0.25, -0.2) is 9.59 Å². The SMILES string of the molecule is O=C(O)C(=O)O.[H-].[Na+].[Zr]. The topological polar surface area (TPSA) is 74.6 Å². The molecule has 0 aromatic rings. The average Bonchev–Trinajstić information content (AvgIpc) is 1.36. The molecule has 0 aliphatic carbocycles. The van der Waals surface area contributed by atoms with E-state index in [1.165, 1.54) is 0 Å². The van der Waals surface area contributed by atoms with Gasteiger partial charge in [-0.2, -0.15) is 0 Å². The smallest absolute Gasteiger partial charge is 1.00 e. The largest absolute Gasteiger partial charge is 1.00 e. The Morgan fingerprint density at radius 2 is 1.25 bits per heavy atom. The molecule has 0 saturated carbocycles. The van der Waals surface area contributed by atoms with Crippen molar-refractivity contribution in [1.29, 1.82) is 0 Å². The van der Waals surface area contributed by atoms with Crippen LogP contribution in [0, 0.1) is 0 Å². The summed E-state index contributed by atoms with van der Waals surface area (Å²) in [5.74, 6) is -3.65. The van der Waals surface area contributed by atoms with Crippen LogP contribution in [0.2, 0.25) is 0 Å². The van der Waals surface area contributed by atoms with Crippen LogP contribution in [0.25, 0.3) is 0 Å². The average molecular weight is 205 g/mol. The molecular formula is C2H3NaO4Zr. The number of hydrogen-bond acceptors (Lipinski definition) is 2. The van der Waals surface area contributed by atoms with E-state index in [0.717, 1.165) is 0 Å². The molecule has 0 heterocycles. The van der Waals surface area contributed by atoms with Crippen molar-refractivity contribution in [3.63, 3.8) is 0 Å². The fraction of sp³-hybridized carbons (Fsp3) is 0. The molecule has 0 aliphatic rings. The van der Waals surface area contributed by atoms with E-state index in [0.29, 0.717) is 0 Å². The summed E-state index contributed by atoms with van der Waals surface area (Å²) in [4.78, 5) is 18.2. The Labute approximate surface area is 88.2 Å². The molecule has 0 fully saturated rings. The van der Waals surface area contributed by atoms with E-state index in [4.69, 9.17) is 19.8 Å². The fourth-order valence-corrected chi connectivity index (χ4v) is 0. The molecule has 2 N–H and O–H groups in total.